The highest BCUT2D eigenvalue weighted by molar-refractivity contribution is 5.76. The molecule has 2 rings (SSSR count). The predicted molar refractivity (Wildman–Crippen MR) is 95.5 cm³/mol. The van der Waals surface area contributed by atoms with Crippen molar-refractivity contribution >= 4 is 5.91 Å². The summed E-state index contributed by atoms with van der Waals surface area (Å²) in [6, 6.07) is 15.5. The second-order valence-electron chi connectivity index (χ2n) is 5.80. The molecule has 0 fully saturated rings. The van der Waals surface area contributed by atoms with Crippen molar-refractivity contribution in [3.05, 3.63) is 59.7 Å². The van der Waals surface area contributed by atoms with Crippen LogP contribution in [0.3, 0.4) is 0 Å². The van der Waals surface area contributed by atoms with Crippen molar-refractivity contribution in [2.24, 2.45) is 0 Å². The summed E-state index contributed by atoms with van der Waals surface area (Å²) in [6.45, 7) is 4.51. The van der Waals surface area contributed by atoms with E-state index in [9.17, 15) is 4.79 Å². The van der Waals surface area contributed by atoms with E-state index in [-0.39, 0.29) is 11.9 Å². The van der Waals surface area contributed by atoms with Crippen LogP contribution < -0.4 is 14.8 Å². The highest BCUT2D eigenvalue weighted by Gasteiger charge is 2.13. The summed E-state index contributed by atoms with van der Waals surface area (Å²) >= 11 is 0. The fraction of sp³-hybridized carbons (Fsp3) is 0.350. The van der Waals surface area contributed by atoms with Crippen LogP contribution in [0.1, 0.15) is 36.9 Å². The number of hydrogen-bond acceptors (Lipinski definition) is 3. The first-order valence-electron chi connectivity index (χ1n) is 8.22. The summed E-state index contributed by atoms with van der Waals surface area (Å²) in [5.41, 5.74) is 2.14. The van der Waals surface area contributed by atoms with E-state index in [4.69, 9.17) is 9.47 Å². The number of amides is 1. The Bertz CT molecular complexity index is 669. The van der Waals surface area contributed by atoms with E-state index in [0.717, 1.165) is 22.6 Å². The summed E-state index contributed by atoms with van der Waals surface area (Å²) in [5.74, 6) is 1.65. The van der Waals surface area contributed by atoms with Crippen LogP contribution in [-0.2, 0) is 4.79 Å². The molecule has 0 aliphatic heterocycles. The Morgan fingerprint density at radius 3 is 2.71 bits per heavy atom. The fourth-order valence-corrected chi connectivity index (χ4v) is 2.54. The van der Waals surface area contributed by atoms with Gasteiger partial charge in [0, 0.05) is 12.0 Å². The number of nitrogens with one attached hydrogen (secondary N) is 1. The number of carbonyl (C=O) groups is 1. The molecular weight excluding hydrogens is 302 g/mol. The lowest BCUT2D eigenvalue weighted by Gasteiger charge is -2.17. The zero-order chi connectivity index (χ0) is 17.4. The van der Waals surface area contributed by atoms with Crippen LogP contribution in [0, 0.1) is 6.92 Å². The topological polar surface area (TPSA) is 47.6 Å². The molecule has 0 radical (unpaired) electrons. The number of para-hydroxylation sites is 1. The second kappa shape index (κ2) is 8.96. The molecule has 0 aliphatic carbocycles. The molecule has 1 atom stereocenters. The smallest absolute Gasteiger partial charge is 0.220 e. The summed E-state index contributed by atoms with van der Waals surface area (Å²) < 4.78 is 11.0. The van der Waals surface area contributed by atoms with Crippen molar-refractivity contribution in [3.8, 4) is 11.5 Å². The normalized spacial score (nSPS) is 11.6. The van der Waals surface area contributed by atoms with Crippen LogP contribution >= 0.6 is 0 Å². The number of hydrogen-bond donors (Lipinski definition) is 1. The maximum atomic E-state index is 12.1. The van der Waals surface area contributed by atoms with Crippen molar-refractivity contribution in [3.63, 3.8) is 0 Å². The number of rotatable bonds is 8. The summed E-state index contributed by atoms with van der Waals surface area (Å²) in [5, 5.41) is 3.00. The third kappa shape index (κ3) is 5.30. The number of benzene rings is 2. The Hall–Kier alpha value is -2.49. The van der Waals surface area contributed by atoms with Gasteiger partial charge in [0.2, 0.25) is 5.91 Å². The maximum absolute atomic E-state index is 12.1. The Labute approximate surface area is 143 Å². The standard InChI is InChI=1S/C20H25NO3/c1-15-8-6-9-17(14-15)24-13-7-12-20(22)21-16(2)18-10-4-5-11-19(18)23-3/h4-6,8-11,14,16H,7,12-13H2,1-3H3,(H,21,22)/t16-/m1/s1. The maximum Gasteiger partial charge on any atom is 0.220 e. The van der Waals surface area contributed by atoms with E-state index in [0.29, 0.717) is 19.4 Å². The number of aryl methyl sites for hydroxylation is 1. The minimum absolute atomic E-state index is 0.0150. The van der Waals surface area contributed by atoms with Crippen LogP contribution in [0.25, 0.3) is 0 Å². The average molecular weight is 327 g/mol. The van der Waals surface area contributed by atoms with Crippen LogP contribution in [-0.4, -0.2) is 19.6 Å². The monoisotopic (exact) mass is 327 g/mol. The van der Waals surface area contributed by atoms with Crippen LogP contribution in [0.5, 0.6) is 11.5 Å². The van der Waals surface area contributed by atoms with Crippen molar-refractivity contribution in [1.82, 2.24) is 5.32 Å². The van der Waals surface area contributed by atoms with Gasteiger partial charge in [0.1, 0.15) is 11.5 Å². The van der Waals surface area contributed by atoms with Crippen molar-refractivity contribution in [2.45, 2.75) is 32.7 Å². The molecule has 0 unspecified atom stereocenters. The zero-order valence-corrected chi connectivity index (χ0v) is 14.5. The summed E-state index contributed by atoms with van der Waals surface area (Å²) in [4.78, 5) is 12.1. The van der Waals surface area contributed by atoms with E-state index < -0.39 is 0 Å². The van der Waals surface area contributed by atoms with E-state index >= 15 is 0 Å². The van der Waals surface area contributed by atoms with E-state index in [1.807, 2.05) is 62.4 Å². The lowest BCUT2D eigenvalue weighted by atomic mass is 10.1. The molecule has 0 saturated heterocycles. The molecular formula is C20H25NO3. The van der Waals surface area contributed by atoms with Gasteiger partial charge in [-0.05, 0) is 44.0 Å². The Kier molecular flexibility index (Phi) is 6.67. The Morgan fingerprint density at radius 2 is 1.96 bits per heavy atom. The van der Waals surface area contributed by atoms with Crippen LogP contribution in [0.4, 0.5) is 0 Å². The van der Waals surface area contributed by atoms with Gasteiger partial charge in [-0.1, -0.05) is 30.3 Å². The van der Waals surface area contributed by atoms with Gasteiger partial charge >= 0.3 is 0 Å². The Balaban J connectivity index is 1.75. The van der Waals surface area contributed by atoms with Gasteiger partial charge < -0.3 is 14.8 Å². The van der Waals surface area contributed by atoms with Gasteiger partial charge in [-0.25, -0.2) is 0 Å². The molecule has 24 heavy (non-hydrogen) atoms. The van der Waals surface area contributed by atoms with Gasteiger partial charge in [-0.15, -0.1) is 0 Å². The molecule has 0 bridgehead atoms. The summed E-state index contributed by atoms with van der Waals surface area (Å²) in [6.07, 6.45) is 1.11. The lowest BCUT2D eigenvalue weighted by molar-refractivity contribution is -0.121. The minimum Gasteiger partial charge on any atom is -0.496 e. The molecule has 2 aromatic rings. The largest absolute Gasteiger partial charge is 0.496 e. The van der Waals surface area contributed by atoms with Gasteiger partial charge in [-0.3, -0.25) is 4.79 Å². The molecule has 0 heterocycles. The zero-order valence-electron chi connectivity index (χ0n) is 14.5. The first kappa shape index (κ1) is 17.9. The lowest BCUT2D eigenvalue weighted by Crippen LogP contribution is -2.27. The average Bonchev–Trinajstić information content (AvgIpc) is 2.58. The SMILES string of the molecule is COc1ccccc1[C@@H](C)NC(=O)CCCOc1cccc(C)c1. The highest BCUT2D eigenvalue weighted by atomic mass is 16.5. The third-order valence-corrected chi connectivity index (χ3v) is 3.79. The van der Waals surface area contributed by atoms with E-state index in [1.54, 1.807) is 7.11 Å². The fourth-order valence-electron chi connectivity index (χ4n) is 2.54. The molecule has 1 N–H and O–H groups in total. The number of ether oxygens (including phenoxy) is 2. The minimum atomic E-state index is -0.0914. The first-order valence-corrected chi connectivity index (χ1v) is 8.22. The molecule has 2 aromatic carbocycles. The van der Waals surface area contributed by atoms with Crippen molar-refractivity contribution in [1.29, 1.82) is 0 Å². The second-order valence-corrected chi connectivity index (χ2v) is 5.80. The first-order chi connectivity index (χ1) is 11.6. The van der Waals surface area contributed by atoms with E-state index in [1.165, 1.54) is 0 Å². The molecule has 0 spiro atoms. The number of carbonyl (C=O) groups excluding carboxylic acids is 1. The molecule has 0 aromatic heterocycles. The van der Waals surface area contributed by atoms with Crippen molar-refractivity contribution < 1.29 is 14.3 Å². The number of methoxy groups -OCH3 is 1. The summed E-state index contributed by atoms with van der Waals surface area (Å²) in [7, 11) is 1.63. The van der Waals surface area contributed by atoms with Gasteiger partial charge in [0.05, 0.1) is 19.8 Å². The molecule has 0 aliphatic rings. The highest BCUT2D eigenvalue weighted by Crippen LogP contribution is 2.24. The van der Waals surface area contributed by atoms with Gasteiger partial charge in [0.25, 0.3) is 0 Å². The predicted octanol–water partition coefficient (Wildman–Crippen LogP) is 4.04. The molecule has 4 nitrogen and oxygen atoms in total. The quantitative estimate of drug-likeness (QED) is 0.744. The molecule has 4 heteroatoms. The molecule has 0 saturated carbocycles. The van der Waals surface area contributed by atoms with Gasteiger partial charge in [0.15, 0.2) is 0 Å². The Morgan fingerprint density at radius 1 is 1.17 bits per heavy atom. The molecule has 1 amide bonds. The third-order valence-electron chi connectivity index (χ3n) is 3.79. The van der Waals surface area contributed by atoms with Crippen molar-refractivity contribution in [2.75, 3.05) is 13.7 Å². The molecule has 128 valence electrons. The van der Waals surface area contributed by atoms with E-state index in [2.05, 4.69) is 5.32 Å². The van der Waals surface area contributed by atoms with Crippen LogP contribution in [0.15, 0.2) is 48.5 Å². The van der Waals surface area contributed by atoms with Gasteiger partial charge in [-0.2, -0.15) is 0 Å². The van der Waals surface area contributed by atoms with Crippen LogP contribution in [0.2, 0.25) is 0 Å².